The molecule has 11 heteroatoms. The van der Waals surface area contributed by atoms with Crippen molar-refractivity contribution in [1.82, 2.24) is 20.6 Å². The molecule has 1 aliphatic rings. The van der Waals surface area contributed by atoms with Crippen LogP contribution >= 0.6 is 0 Å². The average Bonchev–Trinajstić information content (AvgIpc) is 3.25. The standard InChI is InChI=1S/C19H17F2N5O4/c20-15-6-11(18(27)24-28)7-16(21)14(15)8-17-23-19(30-25-17)12-5-13(10-22-9-12)26-1-3-29-4-2-26/h5-7,9-10,28H,1-4,8H2,(H,24,27). The molecule has 9 nitrogen and oxygen atoms in total. The quantitative estimate of drug-likeness (QED) is 0.478. The van der Waals surface area contributed by atoms with Crippen LogP contribution in [0.4, 0.5) is 14.5 Å². The Morgan fingerprint density at radius 3 is 2.60 bits per heavy atom. The molecule has 0 radical (unpaired) electrons. The van der Waals surface area contributed by atoms with Crippen LogP contribution in [-0.2, 0) is 11.2 Å². The molecule has 1 aromatic carbocycles. The van der Waals surface area contributed by atoms with Gasteiger partial charge in [0.15, 0.2) is 5.82 Å². The third-order valence-corrected chi connectivity index (χ3v) is 4.65. The average molecular weight is 417 g/mol. The summed E-state index contributed by atoms with van der Waals surface area (Å²) in [5.74, 6) is -2.70. The third-order valence-electron chi connectivity index (χ3n) is 4.65. The van der Waals surface area contributed by atoms with Gasteiger partial charge in [-0.3, -0.25) is 15.0 Å². The molecule has 3 heterocycles. The van der Waals surface area contributed by atoms with E-state index in [0.29, 0.717) is 18.8 Å². The molecule has 0 unspecified atom stereocenters. The SMILES string of the molecule is O=C(NO)c1cc(F)c(Cc2noc(-c3cncc(N4CCOCC4)c3)n2)c(F)c1. The van der Waals surface area contributed by atoms with Gasteiger partial charge in [-0.25, -0.2) is 14.3 Å². The second-order valence-electron chi connectivity index (χ2n) is 6.58. The number of hydrogen-bond donors (Lipinski definition) is 2. The fourth-order valence-electron chi connectivity index (χ4n) is 3.11. The van der Waals surface area contributed by atoms with E-state index >= 15 is 0 Å². The first-order valence-corrected chi connectivity index (χ1v) is 9.08. The largest absolute Gasteiger partial charge is 0.378 e. The second kappa shape index (κ2) is 8.51. The first-order valence-electron chi connectivity index (χ1n) is 9.08. The zero-order valence-electron chi connectivity index (χ0n) is 15.6. The van der Waals surface area contributed by atoms with Crippen molar-refractivity contribution < 1.29 is 28.0 Å². The third kappa shape index (κ3) is 4.11. The minimum atomic E-state index is -1.02. The Kier molecular flexibility index (Phi) is 5.63. The van der Waals surface area contributed by atoms with Crippen LogP contribution in [0, 0.1) is 11.6 Å². The Bertz CT molecular complexity index is 1050. The molecule has 2 aromatic heterocycles. The van der Waals surface area contributed by atoms with Crippen molar-refractivity contribution in [1.29, 1.82) is 0 Å². The van der Waals surface area contributed by atoms with E-state index in [2.05, 4.69) is 20.0 Å². The van der Waals surface area contributed by atoms with Crippen molar-refractivity contribution in [2.45, 2.75) is 6.42 Å². The lowest BCUT2D eigenvalue weighted by Gasteiger charge is -2.28. The number of benzene rings is 1. The molecular weight excluding hydrogens is 400 g/mol. The number of halogens is 2. The van der Waals surface area contributed by atoms with Gasteiger partial charge in [-0.1, -0.05) is 5.16 Å². The van der Waals surface area contributed by atoms with Crippen molar-refractivity contribution in [2.24, 2.45) is 0 Å². The van der Waals surface area contributed by atoms with Gasteiger partial charge in [0.2, 0.25) is 0 Å². The summed E-state index contributed by atoms with van der Waals surface area (Å²) >= 11 is 0. The highest BCUT2D eigenvalue weighted by Crippen LogP contribution is 2.24. The molecule has 1 amide bonds. The van der Waals surface area contributed by atoms with Gasteiger partial charge < -0.3 is 14.2 Å². The summed E-state index contributed by atoms with van der Waals surface area (Å²) in [5, 5.41) is 12.4. The number of nitrogens with zero attached hydrogens (tertiary/aromatic N) is 4. The summed E-state index contributed by atoms with van der Waals surface area (Å²) in [6, 6.07) is 3.49. The van der Waals surface area contributed by atoms with E-state index in [1.165, 1.54) is 5.48 Å². The second-order valence-corrected chi connectivity index (χ2v) is 6.58. The van der Waals surface area contributed by atoms with Gasteiger partial charge in [-0.05, 0) is 18.2 Å². The number of nitrogens with one attached hydrogen (secondary N) is 1. The number of aromatic nitrogens is 3. The minimum absolute atomic E-state index is 0.0685. The number of anilines is 1. The number of pyridine rings is 1. The zero-order chi connectivity index (χ0) is 21.1. The van der Waals surface area contributed by atoms with Crippen LogP contribution in [0.3, 0.4) is 0 Å². The van der Waals surface area contributed by atoms with Crippen LogP contribution in [0.25, 0.3) is 11.5 Å². The predicted molar refractivity (Wildman–Crippen MR) is 99.0 cm³/mol. The topological polar surface area (TPSA) is 114 Å². The number of carbonyl (C=O) groups is 1. The van der Waals surface area contributed by atoms with Crippen molar-refractivity contribution >= 4 is 11.6 Å². The van der Waals surface area contributed by atoms with E-state index in [4.69, 9.17) is 14.5 Å². The van der Waals surface area contributed by atoms with E-state index in [1.807, 2.05) is 6.07 Å². The number of carbonyl (C=O) groups excluding carboxylic acids is 1. The Morgan fingerprint density at radius 1 is 1.17 bits per heavy atom. The summed E-state index contributed by atoms with van der Waals surface area (Å²) < 4.78 is 39.1. The van der Waals surface area contributed by atoms with E-state index in [0.717, 1.165) is 30.9 Å². The summed E-state index contributed by atoms with van der Waals surface area (Å²) in [4.78, 5) is 21.9. The van der Waals surface area contributed by atoms with Gasteiger partial charge in [-0.15, -0.1) is 0 Å². The Hall–Kier alpha value is -3.44. The number of morpholine rings is 1. The summed E-state index contributed by atoms with van der Waals surface area (Å²) in [6.45, 7) is 2.74. The highest BCUT2D eigenvalue weighted by atomic mass is 19.1. The molecule has 1 aliphatic heterocycles. The van der Waals surface area contributed by atoms with Gasteiger partial charge in [0.25, 0.3) is 11.8 Å². The normalized spacial score (nSPS) is 14.0. The first-order chi connectivity index (χ1) is 14.5. The van der Waals surface area contributed by atoms with Crippen molar-refractivity contribution in [3.8, 4) is 11.5 Å². The minimum Gasteiger partial charge on any atom is -0.378 e. The molecule has 1 fully saturated rings. The fraction of sp³-hybridized carbons (Fsp3) is 0.263. The molecule has 1 saturated heterocycles. The smallest absolute Gasteiger partial charge is 0.274 e. The van der Waals surface area contributed by atoms with Crippen LogP contribution in [-0.4, -0.2) is 52.5 Å². The van der Waals surface area contributed by atoms with Gasteiger partial charge in [0.05, 0.1) is 30.7 Å². The molecule has 0 aliphatic carbocycles. The van der Waals surface area contributed by atoms with Gasteiger partial charge in [0.1, 0.15) is 11.6 Å². The van der Waals surface area contributed by atoms with E-state index in [-0.39, 0.29) is 29.3 Å². The number of rotatable bonds is 5. The first kappa shape index (κ1) is 19.9. The molecule has 0 atom stereocenters. The van der Waals surface area contributed by atoms with E-state index in [9.17, 15) is 13.6 Å². The highest BCUT2D eigenvalue weighted by molar-refractivity contribution is 5.93. The van der Waals surface area contributed by atoms with Crippen LogP contribution in [0.15, 0.2) is 35.1 Å². The van der Waals surface area contributed by atoms with Crippen LogP contribution < -0.4 is 10.4 Å². The highest BCUT2D eigenvalue weighted by Gasteiger charge is 2.19. The molecule has 2 N–H and O–H groups in total. The molecule has 0 bridgehead atoms. The lowest BCUT2D eigenvalue weighted by atomic mass is 10.1. The van der Waals surface area contributed by atoms with Crippen molar-refractivity contribution in [3.05, 3.63) is 59.2 Å². The maximum Gasteiger partial charge on any atom is 0.274 e. The Balaban J connectivity index is 1.55. The van der Waals surface area contributed by atoms with E-state index in [1.54, 1.807) is 12.4 Å². The van der Waals surface area contributed by atoms with Gasteiger partial charge in [0, 0.05) is 36.8 Å². The van der Waals surface area contributed by atoms with Gasteiger partial charge >= 0.3 is 0 Å². The zero-order valence-corrected chi connectivity index (χ0v) is 15.6. The van der Waals surface area contributed by atoms with E-state index < -0.39 is 17.5 Å². The number of ether oxygens (including phenoxy) is 1. The van der Waals surface area contributed by atoms with Crippen molar-refractivity contribution in [2.75, 3.05) is 31.2 Å². The fourth-order valence-corrected chi connectivity index (χ4v) is 3.11. The Morgan fingerprint density at radius 2 is 1.90 bits per heavy atom. The maximum atomic E-state index is 14.3. The summed E-state index contributed by atoms with van der Waals surface area (Å²) in [7, 11) is 0. The summed E-state index contributed by atoms with van der Waals surface area (Å²) in [6.07, 6.45) is 3.00. The maximum absolute atomic E-state index is 14.3. The number of hydroxylamine groups is 1. The molecule has 156 valence electrons. The molecule has 0 spiro atoms. The number of amides is 1. The van der Waals surface area contributed by atoms with Crippen molar-refractivity contribution in [3.63, 3.8) is 0 Å². The monoisotopic (exact) mass is 417 g/mol. The lowest BCUT2D eigenvalue weighted by molar-refractivity contribution is 0.0705. The Labute approximate surface area is 169 Å². The van der Waals surface area contributed by atoms with Gasteiger partial charge in [-0.2, -0.15) is 4.98 Å². The molecule has 3 aromatic rings. The predicted octanol–water partition coefficient (Wildman–Crippen LogP) is 1.96. The summed E-state index contributed by atoms with van der Waals surface area (Å²) in [5.41, 5.74) is 2.11. The molecular formula is C19H17F2N5O4. The van der Waals surface area contributed by atoms with Crippen LogP contribution in [0.1, 0.15) is 21.7 Å². The van der Waals surface area contributed by atoms with Crippen LogP contribution in [0.5, 0.6) is 0 Å². The molecule has 30 heavy (non-hydrogen) atoms. The lowest BCUT2D eigenvalue weighted by Crippen LogP contribution is -2.36. The van der Waals surface area contributed by atoms with Crippen LogP contribution in [0.2, 0.25) is 0 Å². The molecule has 4 rings (SSSR count). The number of hydrogen-bond acceptors (Lipinski definition) is 8. The molecule has 0 saturated carbocycles.